The number of anilines is 3. The van der Waals surface area contributed by atoms with E-state index in [0.717, 1.165) is 5.69 Å². The Labute approximate surface area is 104 Å². The lowest BCUT2D eigenvalue weighted by molar-refractivity contribution is 0.415. The first kappa shape index (κ1) is 11.5. The van der Waals surface area contributed by atoms with Crippen molar-refractivity contribution >= 4 is 29.1 Å². The van der Waals surface area contributed by atoms with Crippen LogP contribution in [0.25, 0.3) is 0 Å². The van der Waals surface area contributed by atoms with Crippen LogP contribution in [0.5, 0.6) is 5.75 Å². The van der Waals surface area contributed by atoms with Crippen LogP contribution in [0.2, 0.25) is 5.02 Å². The van der Waals surface area contributed by atoms with Crippen molar-refractivity contribution in [2.45, 2.75) is 0 Å². The van der Waals surface area contributed by atoms with Crippen LogP contribution in [0, 0.1) is 0 Å². The van der Waals surface area contributed by atoms with E-state index in [1.807, 2.05) is 6.07 Å². The summed E-state index contributed by atoms with van der Waals surface area (Å²) in [7, 11) is 1.56. The second-order valence-electron chi connectivity index (χ2n) is 3.27. The maximum atomic E-state index is 5.93. The van der Waals surface area contributed by atoms with Gasteiger partial charge in [0.1, 0.15) is 11.6 Å². The first-order valence-corrected chi connectivity index (χ1v) is 5.26. The number of aromatic nitrogens is 2. The predicted molar refractivity (Wildman–Crippen MR) is 67.7 cm³/mol. The maximum Gasteiger partial charge on any atom is 0.221 e. The van der Waals surface area contributed by atoms with Crippen molar-refractivity contribution in [3.8, 4) is 5.75 Å². The molecule has 0 bridgehead atoms. The van der Waals surface area contributed by atoms with Crippen molar-refractivity contribution in [1.82, 2.24) is 9.97 Å². The van der Waals surface area contributed by atoms with Crippen molar-refractivity contribution in [3.05, 3.63) is 35.5 Å². The van der Waals surface area contributed by atoms with Crippen molar-refractivity contribution in [1.29, 1.82) is 0 Å². The molecule has 88 valence electrons. The lowest BCUT2D eigenvalue weighted by Gasteiger charge is -2.08. The molecule has 1 aromatic heterocycles. The predicted octanol–water partition coefficient (Wildman–Crippen LogP) is 2.46. The monoisotopic (exact) mass is 250 g/mol. The number of benzene rings is 1. The minimum Gasteiger partial charge on any atom is -0.495 e. The fourth-order valence-electron chi connectivity index (χ4n) is 1.33. The van der Waals surface area contributed by atoms with Gasteiger partial charge in [0.15, 0.2) is 0 Å². The lowest BCUT2D eigenvalue weighted by Crippen LogP contribution is -1.99. The summed E-state index contributed by atoms with van der Waals surface area (Å²) < 4.78 is 5.12. The summed E-state index contributed by atoms with van der Waals surface area (Å²) in [5.41, 5.74) is 6.29. The second-order valence-corrected chi connectivity index (χ2v) is 3.68. The third kappa shape index (κ3) is 2.76. The van der Waals surface area contributed by atoms with E-state index < -0.39 is 0 Å². The van der Waals surface area contributed by atoms with Gasteiger partial charge in [-0.25, -0.2) is 4.98 Å². The van der Waals surface area contributed by atoms with Crippen LogP contribution in [0.3, 0.4) is 0 Å². The third-order valence-corrected chi connectivity index (χ3v) is 2.41. The smallest absolute Gasteiger partial charge is 0.221 e. The zero-order valence-corrected chi connectivity index (χ0v) is 9.90. The van der Waals surface area contributed by atoms with Crippen molar-refractivity contribution in [2.75, 3.05) is 18.2 Å². The van der Waals surface area contributed by atoms with Crippen LogP contribution >= 0.6 is 11.6 Å². The van der Waals surface area contributed by atoms with E-state index in [2.05, 4.69) is 15.3 Å². The Morgan fingerprint density at radius 3 is 2.88 bits per heavy atom. The second kappa shape index (κ2) is 4.88. The standard InChI is InChI=1S/C11H11ClN4O/c1-17-9-6-7(2-3-8(9)12)15-10-4-5-14-11(13)16-10/h2-6H,1H3,(H3,13,14,15,16). The molecule has 0 saturated heterocycles. The molecular formula is C11H11ClN4O. The fourth-order valence-corrected chi connectivity index (χ4v) is 1.52. The van der Waals surface area contributed by atoms with Crippen LogP contribution in [-0.2, 0) is 0 Å². The quantitative estimate of drug-likeness (QED) is 0.875. The number of ether oxygens (including phenoxy) is 1. The summed E-state index contributed by atoms with van der Waals surface area (Å²) in [6.07, 6.45) is 1.58. The van der Waals surface area contributed by atoms with Gasteiger partial charge in [0, 0.05) is 18.0 Å². The van der Waals surface area contributed by atoms with E-state index in [4.69, 9.17) is 22.1 Å². The number of methoxy groups -OCH3 is 1. The van der Waals surface area contributed by atoms with E-state index >= 15 is 0 Å². The molecule has 1 aromatic carbocycles. The number of halogens is 1. The first-order valence-electron chi connectivity index (χ1n) is 4.88. The highest BCUT2D eigenvalue weighted by atomic mass is 35.5. The average Bonchev–Trinajstić information content (AvgIpc) is 2.32. The van der Waals surface area contributed by atoms with Gasteiger partial charge in [-0.3, -0.25) is 0 Å². The molecule has 2 rings (SSSR count). The molecule has 5 nitrogen and oxygen atoms in total. The van der Waals surface area contributed by atoms with Gasteiger partial charge in [0.05, 0.1) is 12.1 Å². The van der Waals surface area contributed by atoms with Crippen molar-refractivity contribution in [2.24, 2.45) is 0 Å². The molecule has 0 radical (unpaired) electrons. The van der Waals surface area contributed by atoms with E-state index in [-0.39, 0.29) is 5.95 Å². The van der Waals surface area contributed by atoms with Crippen molar-refractivity contribution < 1.29 is 4.74 Å². The SMILES string of the molecule is COc1cc(Nc2ccnc(N)n2)ccc1Cl. The Hall–Kier alpha value is -2.01. The van der Waals surface area contributed by atoms with Crippen LogP contribution in [0.1, 0.15) is 0 Å². The van der Waals surface area contributed by atoms with Crippen LogP contribution < -0.4 is 15.8 Å². The highest BCUT2D eigenvalue weighted by Gasteiger charge is 2.03. The third-order valence-electron chi connectivity index (χ3n) is 2.10. The van der Waals surface area contributed by atoms with Gasteiger partial charge < -0.3 is 15.8 Å². The van der Waals surface area contributed by atoms with E-state index in [1.54, 1.807) is 31.5 Å². The summed E-state index contributed by atoms with van der Waals surface area (Å²) in [5.74, 6) is 1.43. The highest BCUT2D eigenvalue weighted by Crippen LogP contribution is 2.28. The molecule has 0 unspecified atom stereocenters. The molecule has 17 heavy (non-hydrogen) atoms. The van der Waals surface area contributed by atoms with Crippen molar-refractivity contribution in [3.63, 3.8) is 0 Å². The molecular weight excluding hydrogens is 240 g/mol. The van der Waals surface area contributed by atoms with E-state index in [1.165, 1.54) is 0 Å². The number of nitrogens with two attached hydrogens (primary N) is 1. The zero-order chi connectivity index (χ0) is 12.3. The summed E-state index contributed by atoms with van der Waals surface area (Å²) >= 11 is 5.93. The van der Waals surface area contributed by atoms with E-state index in [9.17, 15) is 0 Å². The average molecular weight is 251 g/mol. The Kier molecular flexibility index (Phi) is 3.30. The minimum absolute atomic E-state index is 0.218. The Bertz CT molecular complexity index is 533. The normalized spacial score (nSPS) is 10.0. The number of nitrogen functional groups attached to an aromatic ring is 1. The molecule has 6 heteroatoms. The molecule has 3 N–H and O–H groups in total. The summed E-state index contributed by atoms with van der Waals surface area (Å²) in [5, 5.41) is 3.63. The molecule has 0 aliphatic rings. The fraction of sp³-hybridized carbons (Fsp3) is 0.0909. The Morgan fingerprint density at radius 1 is 1.35 bits per heavy atom. The topological polar surface area (TPSA) is 73.1 Å². The Morgan fingerprint density at radius 2 is 2.18 bits per heavy atom. The van der Waals surface area contributed by atoms with Gasteiger partial charge >= 0.3 is 0 Å². The van der Waals surface area contributed by atoms with Crippen LogP contribution in [0.15, 0.2) is 30.5 Å². The van der Waals surface area contributed by atoms with E-state index in [0.29, 0.717) is 16.6 Å². The van der Waals surface area contributed by atoms with Gasteiger partial charge in [-0.1, -0.05) is 11.6 Å². The maximum absolute atomic E-state index is 5.93. The highest BCUT2D eigenvalue weighted by molar-refractivity contribution is 6.32. The molecule has 1 heterocycles. The number of hydrogen-bond acceptors (Lipinski definition) is 5. The van der Waals surface area contributed by atoms with Crippen LogP contribution in [-0.4, -0.2) is 17.1 Å². The molecule has 0 amide bonds. The molecule has 0 fully saturated rings. The first-order chi connectivity index (χ1) is 8.19. The Balaban J connectivity index is 2.24. The lowest BCUT2D eigenvalue weighted by atomic mass is 10.3. The molecule has 0 spiro atoms. The number of nitrogens with zero attached hydrogens (tertiary/aromatic N) is 2. The summed E-state index contributed by atoms with van der Waals surface area (Å²) in [6, 6.07) is 7.06. The van der Waals surface area contributed by atoms with Gasteiger partial charge in [-0.05, 0) is 18.2 Å². The molecule has 2 aromatic rings. The largest absolute Gasteiger partial charge is 0.495 e. The number of nitrogens with one attached hydrogen (secondary N) is 1. The molecule has 0 saturated carbocycles. The molecule has 0 aliphatic heterocycles. The van der Waals surface area contributed by atoms with Crippen LogP contribution in [0.4, 0.5) is 17.5 Å². The zero-order valence-electron chi connectivity index (χ0n) is 9.14. The van der Waals surface area contributed by atoms with Gasteiger partial charge in [0.25, 0.3) is 0 Å². The minimum atomic E-state index is 0.218. The van der Waals surface area contributed by atoms with Gasteiger partial charge in [-0.15, -0.1) is 0 Å². The number of hydrogen-bond donors (Lipinski definition) is 2. The summed E-state index contributed by atoms with van der Waals surface area (Å²) in [6.45, 7) is 0. The molecule has 0 aliphatic carbocycles. The van der Waals surface area contributed by atoms with Gasteiger partial charge in [0.2, 0.25) is 5.95 Å². The summed E-state index contributed by atoms with van der Waals surface area (Å²) in [4.78, 5) is 7.84. The number of rotatable bonds is 3. The molecule has 0 atom stereocenters. The van der Waals surface area contributed by atoms with Gasteiger partial charge in [-0.2, -0.15) is 4.98 Å².